The van der Waals surface area contributed by atoms with E-state index in [9.17, 15) is 0 Å². The van der Waals surface area contributed by atoms with Crippen LogP contribution in [0.15, 0.2) is 0 Å². The van der Waals surface area contributed by atoms with Gasteiger partial charge in [-0.25, -0.2) is 0 Å². The standard InChI is InChI=1S/C12H26N2/c1-4-7-12(10-13-3)14-9-6-8-11(14)5-2/h11-13H,4-10H2,1-3H3. The van der Waals surface area contributed by atoms with Crippen molar-refractivity contribution in [1.82, 2.24) is 10.2 Å². The average Bonchev–Trinajstić information content (AvgIpc) is 2.65. The summed E-state index contributed by atoms with van der Waals surface area (Å²) in [5.74, 6) is 0. The molecule has 0 radical (unpaired) electrons. The number of hydrogen-bond acceptors (Lipinski definition) is 2. The Morgan fingerprint density at radius 2 is 2.21 bits per heavy atom. The summed E-state index contributed by atoms with van der Waals surface area (Å²) in [5.41, 5.74) is 0. The van der Waals surface area contributed by atoms with Gasteiger partial charge in [-0.3, -0.25) is 4.90 Å². The SMILES string of the molecule is CCCC(CNC)N1CCCC1CC. The van der Waals surface area contributed by atoms with Crippen LogP contribution in [-0.4, -0.2) is 37.1 Å². The summed E-state index contributed by atoms with van der Waals surface area (Å²) < 4.78 is 0. The Hall–Kier alpha value is -0.0800. The quantitative estimate of drug-likeness (QED) is 0.704. The van der Waals surface area contributed by atoms with Crippen molar-refractivity contribution in [3.05, 3.63) is 0 Å². The fraction of sp³-hybridized carbons (Fsp3) is 1.00. The molecule has 0 bridgehead atoms. The van der Waals surface area contributed by atoms with Gasteiger partial charge in [0.2, 0.25) is 0 Å². The first kappa shape index (κ1) is 12.0. The molecule has 1 heterocycles. The molecule has 0 amide bonds. The molecule has 0 aliphatic carbocycles. The number of nitrogens with zero attached hydrogens (tertiary/aromatic N) is 1. The van der Waals surface area contributed by atoms with Gasteiger partial charge in [0.1, 0.15) is 0 Å². The third-order valence-electron chi connectivity index (χ3n) is 3.42. The van der Waals surface area contributed by atoms with E-state index in [1.807, 2.05) is 0 Å². The van der Waals surface area contributed by atoms with Crippen LogP contribution in [0.25, 0.3) is 0 Å². The van der Waals surface area contributed by atoms with Gasteiger partial charge in [-0.15, -0.1) is 0 Å². The van der Waals surface area contributed by atoms with Gasteiger partial charge in [0.05, 0.1) is 0 Å². The molecule has 14 heavy (non-hydrogen) atoms. The molecule has 0 aromatic rings. The van der Waals surface area contributed by atoms with Crippen molar-refractivity contribution < 1.29 is 0 Å². The Labute approximate surface area is 89.1 Å². The Kier molecular flexibility index (Phi) is 5.49. The lowest BCUT2D eigenvalue weighted by Crippen LogP contribution is -2.44. The van der Waals surface area contributed by atoms with Gasteiger partial charge in [-0.2, -0.15) is 0 Å². The zero-order valence-corrected chi connectivity index (χ0v) is 10.1. The molecule has 0 saturated carbocycles. The summed E-state index contributed by atoms with van der Waals surface area (Å²) in [6, 6.07) is 1.64. The van der Waals surface area contributed by atoms with Gasteiger partial charge in [0.25, 0.3) is 0 Å². The van der Waals surface area contributed by atoms with Crippen molar-refractivity contribution in [2.75, 3.05) is 20.1 Å². The van der Waals surface area contributed by atoms with Crippen molar-refractivity contribution in [3.63, 3.8) is 0 Å². The van der Waals surface area contributed by atoms with Crippen LogP contribution < -0.4 is 5.32 Å². The second kappa shape index (κ2) is 6.41. The van der Waals surface area contributed by atoms with E-state index in [-0.39, 0.29) is 0 Å². The van der Waals surface area contributed by atoms with Crippen molar-refractivity contribution >= 4 is 0 Å². The van der Waals surface area contributed by atoms with Crippen molar-refractivity contribution in [2.24, 2.45) is 0 Å². The first-order valence-electron chi connectivity index (χ1n) is 6.23. The van der Waals surface area contributed by atoms with E-state index in [2.05, 4.69) is 31.1 Å². The minimum Gasteiger partial charge on any atom is -0.318 e. The molecular weight excluding hydrogens is 172 g/mol. The van der Waals surface area contributed by atoms with Crippen molar-refractivity contribution in [3.8, 4) is 0 Å². The molecule has 2 unspecified atom stereocenters. The zero-order chi connectivity index (χ0) is 10.4. The highest BCUT2D eigenvalue weighted by Crippen LogP contribution is 2.23. The van der Waals surface area contributed by atoms with E-state index in [1.54, 1.807) is 0 Å². The van der Waals surface area contributed by atoms with E-state index < -0.39 is 0 Å². The highest BCUT2D eigenvalue weighted by molar-refractivity contribution is 4.84. The Balaban J connectivity index is 2.47. The molecule has 0 spiro atoms. The third kappa shape index (κ3) is 2.96. The minimum absolute atomic E-state index is 0.775. The molecule has 1 N–H and O–H groups in total. The largest absolute Gasteiger partial charge is 0.318 e. The summed E-state index contributed by atoms with van der Waals surface area (Å²) >= 11 is 0. The second-order valence-electron chi connectivity index (χ2n) is 4.44. The Bertz CT molecular complexity index is 141. The molecule has 1 rings (SSSR count). The normalized spacial score (nSPS) is 25.5. The maximum absolute atomic E-state index is 3.33. The average molecular weight is 198 g/mol. The van der Waals surface area contributed by atoms with Crippen LogP contribution in [0, 0.1) is 0 Å². The number of nitrogens with one attached hydrogen (secondary N) is 1. The molecule has 1 aliphatic heterocycles. The summed E-state index contributed by atoms with van der Waals surface area (Å²) in [5, 5.41) is 3.33. The molecule has 1 saturated heterocycles. The fourth-order valence-corrected chi connectivity index (χ4v) is 2.73. The van der Waals surface area contributed by atoms with Gasteiger partial charge in [-0.1, -0.05) is 20.3 Å². The molecular formula is C12H26N2. The Morgan fingerprint density at radius 1 is 1.43 bits per heavy atom. The van der Waals surface area contributed by atoms with Gasteiger partial charge in [0, 0.05) is 18.6 Å². The van der Waals surface area contributed by atoms with Crippen molar-refractivity contribution in [2.45, 2.75) is 58.0 Å². The maximum Gasteiger partial charge on any atom is 0.0223 e. The summed E-state index contributed by atoms with van der Waals surface area (Å²) in [6.07, 6.45) is 6.80. The van der Waals surface area contributed by atoms with Gasteiger partial charge >= 0.3 is 0 Å². The summed E-state index contributed by atoms with van der Waals surface area (Å²) in [6.45, 7) is 7.10. The lowest BCUT2D eigenvalue weighted by Gasteiger charge is -2.32. The summed E-state index contributed by atoms with van der Waals surface area (Å²) in [7, 11) is 2.07. The molecule has 1 aliphatic rings. The zero-order valence-electron chi connectivity index (χ0n) is 10.1. The van der Waals surface area contributed by atoms with E-state index >= 15 is 0 Å². The molecule has 84 valence electrons. The number of likely N-dealkylation sites (tertiary alicyclic amines) is 1. The monoisotopic (exact) mass is 198 g/mol. The molecule has 1 fully saturated rings. The highest BCUT2D eigenvalue weighted by atomic mass is 15.2. The van der Waals surface area contributed by atoms with E-state index in [4.69, 9.17) is 0 Å². The molecule has 0 aromatic carbocycles. The van der Waals surface area contributed by atoms with Crippen LogP contribution in [0.4, 0.5) is 0 Å². The number of rotatable bonds is 6. The number of hydrogen-bond donors (Lipinski definition) is 1. The van der Waals surface area contributed by atoms with E-state index in [0.29, 0.717) is 0 Å². The highest BCUT2D eigenvalue weighted by Gasteiger charge is 2.28. The van der Waals surface area contributed by atoms with Crippen LogP contribution >= 0.6 is 0 Å². The lowest BCUT2D eigenvalue weighted by molar-refractivity contribution is 0.164. The number of likely N-dealkylation sites (N-methyl/N-ethyl adjacent to an activating group) is 1. The molecule has 2 heteroatoms. The summed E-state index contributed by atoms with van der Waals surface area (Å²) in [4.78, 5) is 2.74. The van der Waals surface area contributed by atoms with Crippen LogP contribution in [0.2, 0.25) is 0 Å². The molecule has 2 atom stereocenters. The fourth-order valence-electron chi connectivity index (χ4n) is 2.73. The topological polar surface area (TPSA) is 15.3 Å². The first-order valence-corrected chi connectivity index (χ1v) is 6.23. The molecule has 0 aromatic heterocycles. The van der Waals surface area contributed by atoms with Gasteiger partial charge in [0.15, 0.2) is 0 Å². The Morgan fingerprint density at radius 3 is 2.79 bits per heavy atom. The predicted octanol–water partition coefficient (Wildman–Crippen LogP) is 2.25. The second-order valence-corrected chi connectivity index (χ2v) is 4.44. The smallest absolute Gasteiger partial charge is 0.0223 e. The van der Waals surface area contributed by atoms with Crippen LogP contribution in [0.3, 0.4) is 0 Å². The minimum atomic E-state index is 0.775. The van der Waals surface area contributed by atoms with E-state index in [0.717, 1.165) is 18.6 Å². The first-order chi connectivity index (χ1) is 6.83. The van der Waals surface area contributed by atoms with Crippen LogP contribution in [0.5, 0.6) is 0 Å². The predicted molar refractivity (Wildman–Crippen MR) is 62.6 cm³/mol. The van der Waals surface area contributed by atoms with Gasteiger partial charge < -0.3 is 5.32 Å². The lowest BCUT2D eigenvalue weighted by atomic mass is 10.1. The van der Waals surface area contributed by atoms with Crippen LogP contribution in [0.1, 0.15) is 46.0 Å². The molecule has 2 nitrogen and oxygen atoms in total. The van der Waals surface area contributed by atoms with Gasteiger partial charge in [-0.05, 0) is 39.3 Å². The van der Waals surface area contributed by atoms with E-state index in [1.165, 1.54) is 38.6 Å². The van der Waals surface area contributed by atoms with Crippen LogP contribution in [-0.2, 0) is 0 Å². The maximum atomic E-state index is 3.33. The third-order valence-corrected chi connectivity index (χ3v) is 3.42. The van der Waals surface area contributed by atoms with Crippen molar-refractivity contribution in [1.29, 1.82) is 0 Å².